The largest absolute Gasteiger partial charge is 0.495 e. The number of carbonyl (C=O) groups excluding carboxylic acids is 2. The van der Waals surface area contributed by atoms with Crippen molar-refractivity contribution in [3.05, 3.63) is 54.1 Å². The predicted molar refractivity (Wildman–Crippen MR) is 115 cm³/mol. The zero-order valence-corrected chi connectivity index (χ0v) is 17.2. The van der Waals surface area contributed by atoms with E-state index in [2.05, 4.69) is 18.3 Å². The molecule has 6 heteroatoms. The summed E-state index contributed by atoms with van der Waals surface area (Å²) in [5.74, 6) is 0.633. The average Bonchev–Trinajstić information content (AvgIpc) is 3.16. The maximum atomic E-state index is 12.8. The third kappa shape index (κ3) is 5.35. The van der Waals surface area contributed by atoms with Gasteiger partial charge in [-0.3, -0.25) is 14.5 Å². The maximum absolute atomic E-state index is 12.8. The lowest BCUT2D eigenvalue weighted by Gasteiger charge is -2.23. The van der Waals surface area contributed by atoms with Gasteiger partial charge in [-0.2, -0.15) is 0 Å². The Morgan fingerprint density at radius 2 is 1.86 bits per heavy atom. The van der Waals surface area contributed by atoms with Gasteiger partial charge in [0.15, 0.2) is 0 Å². The van der Waals surface area contributed by atoms with Gasteiger partial charge < -0.3 is 15.0 Å². The number of methoxy groups -OCH3 is 1. The van der Waals surface area contributed by atoms with Crippen LogP contribution in [0.1, 0.15) is 25.3 Å². The molecule has 154 valence electrons. The fourth-order valence-corrected chi connectivity index (χ4v) is 3.71. The summed E-state index contributed by atoms with van der Waals surface area (Å²) in [6.45, 7) is 4.38. The third-order valence-electron chi connectivity index (χ3n) is 5.12. The summed E-state index contributed by atoms with van der Waals surface area (Å²) < 4.78 is 5.28. The highest BCUT2D eigenvalue weighted by Gasteiger charge is 2.24. The molecule has 2 aromatic carbocycles. The number of hydrogen-bond donors (Lipinski definition) is 1. The van der Waals surface area contributed by atoms with Crippen LogP contribution in [-0.4, -0.2) is 50.0 Å². The quantitative estimate of drug-likeness (QED) is 0.708. The first-order valence-corrected chi connectivity index (χ1v) is 10.2. The number of nitrogens with zero attached hydrogens (tertiary/aromatic N) is 2. The number of benzene rings is 2. The molecule has 1 aliphatic heterocycles. The summed E-state index contributed by atoms with van der Waals surface area (Å²) in [6.07, 6.45) is 2.22. The normalized spacial score (nSPS) is 12.7. The summed E-state index contributed by atoms with van der Waals surface area (Å²) in [5, 5.41) is 2.91. The minimum absolute atomic E-state index is 0.109. The molecule has 2 aromatic rings. The summed E-state index contributed by atoms with van der Waals surface area (Å²) in [7, 11) is 1.58. The number of ether oxygens (including phenoxy) is 1. The van der Waals surface area contributed by atoms with Crippen molar-refractivity contribution >= 4 is 23.2 Å². The highest BCUT2D eigenvalue weighted by Crippen LogP contribution is 2.28. The number of fused-ring (bicyclic) bond motifs is 1. The Bertz CT molecular complexity index is 853. The second-order valence-electron chi connectivity index (χ2n) is 7.20. The average molecular weight is 396 g/mol. The van der Waals surface area contributed by atoms with Crippen molar-refractivity contribution in [3.8, 4) is 5.75 Å². The van der Waals surface area contributed by atoms with Crippen LogP contribution in [0, 0.1) is 0 Å². The highest BCUT2D eigenvalue weighted by atomic mass is 16.5. The van der Waals surface area contributed by atoms with Crippen LogP contribution >= 0.6 is 0 Å². The van der Waals surface area contributed by atoms with E-state index in [1.54, 1.807) is 7.11 Å². The van der Waals surface area contributed by atoms with Crippen LogP contribution in [0.2, 0.25) is 0 Å². The maximum Gasteiger partial charge on any atom is 0.238 e. The summed E-state index contributed by atoms with van der Waals surface area (Å²) in [6, 6.07) is 15.4. The first kappa shape index (κ1) is 20.9. The molecule has 0 aromatic heterocycles. The number of amides is 2. The second kappa shape index (κ2) is 10.1. The van der Waals surface area contributed by atoms with Crippen molar-refractivity contribution in [2.24, 2.45) is 0 Å². The van der Waals surface area contributed by atoms with E-state index < -0.39 is 0 Å². The van der Waals surface area contributed by atoms with Gasteiger partial charge in [-0.15, -0.1) is 0 Å². The van der Waals surface area contributed by atoms with Crippen LogP contribution in [0.25, 0.3) is 0 Å². The minimum Gasteiger partial charge on any atom is -0.495 e. The zero-order valence-electron chi connectivity index (χ0n) is 17.2. The molecular formula is C23H29N3O3. The first-order chi connectivity index (χ1) is 14.1. The van der Waals surface area contributed by atoms with Crippen molar-refractivity contribution in [3.63, 3.8) is 0 Å². The smallest absolute Gasteiger partial charge is 0.238 e. The van der Waals surface area contributed by atoms with Gasteiger partial charge in [0.2, 0.25) is 11.8 Å². The molecule has 1 heterocycles. The number of nitrogens with one attached hydrogen (secondary N) is 1. The van der Waals surface area contributed by atoms with E-state index in [-0.39, 0.29) is 18.4 Å². The van der Waals surface area contributed by atoms with E-state index in [9.17, 15) is 9.59 Å². The topological polar surface area (TPSA) is 61.9 Å². The van der Waals surface area contributed by atoms with Crippen LogP contribution in [0.5, 0.6) is 5.75 Å². The van der Waals surface area contributed by atoms with E-state index in [1.165, 1.54) is 5.56 Å². The van der Waals surface area contributed by atoms with Gasteiger partial charge in [-0.05, 0) is 43.1 Å². The van der Waals surface area contributed by atoms with Crippen LogP contribution in [0.15, 0.2) is 48.5 Å². The van der Waals surface area contributed by atoms with Crippen molar-refractivity contribution < 1.29 is 14.3 Å². The van der Waals surface area contributed by atoms with Gasteiger partial charge >= 0.3 is 0 Å². The van der Waals surface area contributed by atoms with Crippen molar-refractivity contribution in [2.45, 2.75) is 26.2 Å². The number of rotatable bonds is 9. The Morgan fingerprint density at radius 1 is 1.10 bits per heavy atom. The van der Waals surface area contributed by atoms with Gasteiger partial charge in [0.05, 0.1) is 19.3 Å². The molecule has 6 nitrogen and oxygen atoms in total. The molecule has 0 bridgehead atoms. The molecule has 0 saturated heterocycles. The number of anilines is 2. The fourth-order valence-electron chi connectivity index (χ4n) is 3.71. The molecule has 29 heavy (non-hydrogen) atoms. The molecule has 0 radical (unpaired) electrons. The van der Waals surface area contributed by atoms with Gasteiger partial charge in [-0.1, -0.05) is 37.3 Å². The van der Waals surface area contributed by atoms with Gasteiger partial charge in [-0.25, -0.2) is 0 Å². The molecule has 1 N–H and O–H groups in total. The Morgan fingerprint density at radius 3 is 2.66 bits per heavy atom. The number of para-hydroxylation sites is 3. The van der Waals surface area contributed by atoms with E-state index in [1.807, 2.05) is 52.3 Å². The highest BCUT2D eigenvalue weighted by molar-refractivity contribution is 5.96. The molecular weight excluding hydrogens is 366 g/mol. The predicted octanol–water partition coefficient (Wildman–Crippen LogP) is 3.33. The summed E-state index contributed by atoms with van der Waals surface area (Å²) in [4.78, 5) is 29.2. The molecule has 0 atom stereocenters. The van der Waals surface area contributed by atoms with Crippen LogP contribution in [-0.2, 0) is 16.0 Å². The van der Waals surface area contributed by atoms with Crippen molar-refractivity contribution in [1.82, 2.24) is 4.90 Å². The summed E-state index contributed by atoms with van der Waals surface area (Å²) in [5.41, 5.74) is 2.90. The minimum atomic E-state index is -0.109. The lowest BCUT2D eigenvalue weighted by Crippen LogP contribution is -2.38. The van der Waals surface area contributed by atoms with Crippen LogP contribution in [0.3, 0.4) is 0 Å². The second-order valence-corrected chi connectivity index (χ2v) is 7.20. The molecule has 1 aliphatic rings. The number of hydrogen-bond acceptors (Lipinski definition) is 4. The lowest BCUT2D eigenvalue weighted by atomic mass is 10.2. The van der Waals surface area contributed by atoms with Gasteiger partial charge in [0.1, 0.15) is 5.75 Å². The monoisotopic (exact) mass is 395 g/mol. The Hall–Kier alpha value is -2.86. The van der Waals surface area contributed by atoms with Gasteiger partial charge in [0.25, 0.3) is 0 Å². The third-order valence-corrected chi connectivity index (χ3v) is 5.12. The van der Waals surface area contributed by atoms with Crippen LogP contribution < -0.4 is 15.0 Å². The molecule has 3 rings (SSSR count). The van der Waals surface area contributed by atoms with E-state index in [0.29, 0.717) is 24.4 Å². The SMILES string of the molecule is CCCN(CCC(=O)N1CCc2ccccc21)CC(=O)Nc1ccccc1OC. The lowest BCUT2D eigenvalue weighted by molar-refractivity contribution is -0.120. The molecule has 0 aliphatic carbocycles. The first-order valence-electron chi connectivity index (χ1n) is 10.2. The fraction of sp³-hybridized carbons (Fsp3) is 0.391. The van der Waals surface area contributed by atoms with E-state index in [4.69, 9.17) is 4.74 Å². The molecule has 0 spiro atoms. The Labute approximate surface area is 172 Å². The molecule has 0 unspecified atom stereocenters. The standard InChI is InChI=1S/C23H29N3O3/c1-3-14-25(17-22(27)24-19-9-5-7-11-21(19)29-2)15-13-23(28)26-16-12-18-8-4-6-10-20(18)26/h4-11H,3,12-17H2,1-2H3,(H,24,27). The number of carbonyl (C=O) groups is 2. The van der Waals surface area contributed by atoms with Crippen LogP contribution in [0.4, 0.5) is 11.4 Å². The van der Waals surface area contributed by atoms with E-state index in [0.717, 1.165) is 31.6 Å². The summed E-state index contributed by atoms with van der Waals surface area (Å²) >= 11 is 0. The Kier molecular flexibility index (Phi) is 7.25. The molecule has 2 amide bonds. The van der Waals surface area contributed by atoms with Crippen molar-refractivity contribution in [2.75, 3.05) is 43.5 Å². The Balaban J connectivity index is 1.55. The molecule has 0 saturated carbocycles. The van der Waals surface area contributed by atoms with Gasteiger partial charge in [0, 0.05) is 25.2 Å². The molecule has 0 fully saturated rings. The zero-order chi connectivity index (χ0) is 20.6. The van der Waals surface area contributed by atoms with Crippen molar-refractivity contribution in [1.29, 1.82) is 0 Å². The van der Waals surface area contributed by atoms with E-state index >= 15 is 0 Å².